The number of anilines is 1. The lowest BCUT2D eigenvalue weighted by atomic mass is 10.5. The first-order valence-corrected chi connectivity index (χ1v) is 3.70. The van der Waals surface area contributed by atoms with Crippen LogP contribution in [0.1, 0.15) is 0 Å². The zero-order chi connectivity index (χ0) is 10.4. The first kappa shape index (κ1) is 9.94. The van der Waals surface area contributed by atoms with E-state index in [0.717, 1.165) is 5.01 Å². The molecule has 1 heterocycles. The molecule has 0 spiro atoms. The van der Waals surface area contributed by atoms with E-state index < -0.39 is 0 Å². The number of tetrazole rings is 1. The van der Waals surface area contributed by atoms with Crippen LogP contribution in [0.2, 0.25) is 0 Å². The van der Waals surface area contributed by atoms with Gasteiger partial charge in [-0.3, -0.25) is 9.80 Å². The van der Waals surface area contributed by atoms with Crippen molar-refractivity contribution in [3.8, 4) is 12.3 Å². The van der Waals surface area contributed by atoms with Gasteiger partial charge in [-0.25, -0.2) is 5.84 Å². The minimum atomic E-state index is -0.354. The third-order valence-electron chi connectivity index (χ3n) is 1.33. The number of nitrogens with zero attached hydrogens (tertiary/aromatic N) is 4. The number of hydrogen-bond donors (Lipinski definition) is 3. The van der Waals surface area contributed by atoms with E-state index in [2.05, 4.69) is 31.9 Å². The Kier molecular flexibility index (Phi) is 3.40. The van der Waals surface area contributed by atoms with Gasteiger partial charge >= 0.3 is 0 Å². The number of H-pyrrole nitrogens is 1. The highest BCUT2D eigenvalue weighted by atomic mass is 16.2. The molecule has 1 aromatic heterocycles. The molecule has 8 nitrogen and oxygen atoms in total. The summed E-state index contributed by atoms with van der Waals surface area (Å²) < 4.78 is 0. The van der Waals surface area contributed by atoms with E-state index >= 15 is 0 Å². The normalized spacial score (nSPS) is 9.14. The molecule has 0 saturated carbocycles. The van der Waals surface area contributed by atoms with Gasteiger partial charge in [-0.05, 0) is 5.21 Å². The summed E-state index contributed by atoms with van der Waals surface area (Å²) in [5, 5.41) is 16.2. The van der Waals surface area contributed by atoms with Crippen LogP contribution in [0.15, 0.2) is 0 Å². The Bertz CT molecular complexity index is 326. The zero-order valence-electron chi connectivity index (χ0n) is 7.27. The minimum absolute atomic E-state index is 0.0300. The Hall–Kier alpha value is -2.14. The van der Waals surface area contributed by atoms with E-state index in [4.69, 9.17) is 12.3 Å². The number of hydrogen-bond acceptors (Lipinski definition) is 6. The summed E-state index contributed by atoms with van der Waals surface area (Å²) in [7, 11) is 0. The monoisotopic (exact) mass is 195 g/mol. The largest absolute Gasteiger partial charge is 0.342 e. The lowest BCUT2D eigenvalue weighted by Gasteiger charge is -2.12. The number of terminal acetylenes is 1. The van der Waals surface area contributed by atoms with Crippen molar-refractivity contribution >= 4 is 11.9 Å². The molecular formula is C6H9N7O. The van der Waals surface area contributed by atoms with Gasteiger partial charge in [0.15, 0.2) is 0 Å². The van der Waals surface area contributed by atoms with E-state index in [1.165, 1.54) is 0 Å². The maximum Gasteiger partial charge on any atom is 0.263 e. The molecule has 0 aliphatic heterocycles. The second-order valence-corrected chi connectivity index (χ2v) is 2.31. The molecule has 0 aliphatic carbocycles. The Morgan fingerprint density at radius 2 is 2.57 bits per heavy atom. The van der Waals surface area contributed by atoms with Gasteiger partial charge in [0.1, 0.15) is 0 Å². The van der Waals surface area contributed by atoms with Gasteiger partial charge in [-0.1, -0.05) is 11.0 Å². The highest BCUT2D eigenvalue weighted by molar-refractivity contribution is 5.79. The number of nitrogens with two attached hydrogens (primary N) is 1. The van der Waals surface area contributed by atoms with Gasteiger partial charge in [0.05, 0.1) is 13.1 Å². The van der Waals surface area contributed by atoms with Crippen LogP contribution in [0, 0.1) is 12.3 Å². The summed E-state index contributed by atoms with van der Waals surface area (Å²) in [6.45, 7) is 0.0322. The molecule has 8 heteroatoms. The molecule has 0 radical (unpaired) electrons. The zero-order valence-corrected chi connectivity index (χ0v) is 7.27. The summed E-state index contributed by atoms with van der Waals surface area (Å²) in [4.78, 5) is 11.2. The fraction of sp³-hybridized carbons (Fsp3) is 0.333. The molecular weight excluding hydrogens is 186 g/mol. The average molecular weight is 195 g/mol. The lowest BCUT2D eigenvalue weighted by Crippen LogP contribution is -2.41. The summed E-state index contributed by atoms with van der Waals surface area (Å²) in [6, 6.07) is 0. The number of carbonyl (C=O) groups is 1. The number of carbonyl (C=O) groups excluding carboxylic acids is 1. The Balaban J connectivity index is 2.32. The molecule has 0 atom stereocenters. The number of amides is 1. The highest BCUT2D eigenvalue weighted by Crippen LogP contribution is 1.89. The molecule has 0 aliphatic rings. The average Bonchev–Trinajstić information content (AvgIpc) is 2.67. The van der Waals surface area contributed by atoms with E-state index in [0.29, 0.717) is 0 Å². The third kappa shape index (κ3) is 2.72. The maximum atomic E-state index is 11.2. The molecule has 0 fully saturated rings. The smallest absolute Gasteiger partial charge is 0.263 e. The van der Waals surface area contributed by atoms with Crippen molar-refractivity contribution in [3.05, 3.63) is 0 Å². The van der Waals surface area contributed by atoms with Crippen LogP contribution >= 0.6 is 0 Å². The van der Waals surface area contributed by atoms with Crippen LogP contribution in [0.5, 0.6) is 0 Å². The van der Waals surface area contributed by atoms with Crippen molar-refractivity contribution in [2.24, 2.45) is 5.84 Å². The molecule has 0 saturated heterocycles. The van der Waals surface area contributed by atoms with Gasteiger partial charge in [-0.15, -0.1) is 11.5 Å². The molecule has 1 rings (SSSR count). The number of nitrogens with one attached hydrogen (secondary N) is 2. The van der Waals surface area contributed by atoms with Gasteiger partial charge in [-0.2, -0.15) is 5.21 Å². The molecule has 0 unspecified atom stereocenters. The van der Waals surface area contributed by atoms with Crippen molar-refractivity contribution in [2.45, 2.75) is 0 Å². The number of aromatic nitrogens is 4. The van der Waals surface area contributed by atoms with Crippen LogP contribution in [0.4, 0.5) is 5.95 Å². The van der Waals surface area contributed by atoms with Crippen molar-refractivity contribution in [3.63, 3.8) is 0 Å². The summed E-state index contributed by atoms with van der Waals surface area (Å²) >= 11 is 0. The quantitative estimate of drug-likeness (QED) is 0.220. The van der Waals surface area contributed by atoms with Crippen LogP contribution in [0.3, 0.4) is 0 Å². The number of hydrazine groups is 1. The number of rotatable bonds is 4. The summed E-state index contributed by atoms with van der Waals surface area (Å²) in [5.41, 5.74) is 0. The van der Waals surface area contributed by atoms with Crippen molar-refractivity contribution in [2.75, 3.05) is 18.4 Å². The topological polar surface area (TPSA) is 113 Å². The molecule has 0 bridgehead atoms. The Morgan fingerprint density at radius 3 is 3.14 bits per heavy atom. The maximum absolute atomic E-state index is 11.2. The predicted molar refractivity (Wildman–Crippen MR) is 47.4 cm³/mol. The Labute approximate surface area is 79.8 Å². The lowest BCUT2D eigenvalue weighted by molar-refractivity contribution is -0.128. The van der Waals surface area contributed by atoms with Crippen LogP contribution in [-0.2, 0) is 4.79 Å². The van der Waals surface area contributed by atoms with E-state index in [1.54, 1.807) is 0 Å². The van der Waals surface area contributed by atoms with Crippen molar-refractivity contribution in [1.82, 2.24) is 25.6 Å². The van der Waals surface area contributed by atoms with E-state index in [1.807, 2.05) is 0 Å². The van der Waals surface area contributed by atoms with Gasteiger partial charge in [0.2, 0.25) is 0 Å². The van der Waals surface area contributed by atoms with Crippen molar-refractivity contribution < 1.29 is 4.79 Å². The first-order valence-electron chi connectivity index (χ1n) is 3.70. The van der Waals surface area contributed by atoms with Gasteiger partial charge in [0, 0.05) is 0 Å². The second kappa shape index (κ2) is 4.78. The van der Waals surface area contributed by atoms with Gasteiger partial charge in [0.25, 0.3) is 11.9 Å². The molecule has 14 heavy (non-hydrogen) atoms. The van der Waals surface area contributed by atoms with Crippen molar-refractivity contribution in [1.29, 1.82) is 0 Å². The van der Waals surface area contributed by atoms with Crippen LogP contribution in [0.25, 0.3) is 0 Å². The first-order chi connectivity index (χ1) is 6.74. The standard InChI is InChI=1S/C6H9N7O/c1-2-3-13(7)5(14)4-8-6-9-11-12-10-6/h1H,3-4,7H2,(H2,8,9,10,11,12). The fourth-order valence-corrected chi connectivity index (χ4v) is 0.679. The SMILES string of the molecule is C#CCN(N)C(=O)CNc1nn[nH]n1. The number of aromatic amines is 1. The van der Waals surface area contributed by atoms with Crippen LogP contribution < -0.4 is 11.2 Å². The molecule has 0 aromatic carbocycles. The third-order valence-corrected chi connectivity index (χ3v) is 1.33. The van der Waals surface area contributed by atoms with Gasteiger partial charge < -0.3 is 5.32 Å². The molecule has 74 valence electrons. The second-order valence-electron chi connectivity index (χ2n) is 2.31. The molecule has 1 amide bonds. The Morgan fingerprint density at radius 1 is 1.79 bits per heavy atom. The van der Waals surface area contributed by atoms with Crippen LogP contribution in [-0.4, -0.2) is 44.6 Å². The fourth-order valence-electron chi connectivity index (χ4n) is 0.679. The minimum Gasteiger partial charge on any atom is -0.342 e. The highest BCUT2D eigenvalue weighted by Gasteiger charge is 2.08. The molecule has 1 aromatic rings. The van der Waals surface area contributed by atoms with E-state index in [-0.39, 0.29) is 24.9 Å². The van der Waals surface area contributed by atoms with E-state index in [9.17, 15) is 4.79 Å². The predicted octanol–water partition coefficient (Wildman–Crippen LogP) is -2.05. The molecule has 4 N–H and O–H groups in total. The summed E-state index contributed by atoms with van der Waals surface area (Å²) in [5.74, 6) is 7.42. The summed E-state index contributed by atoms with van der Waals surface area (Å²) in [6.07, 6.45) is 4.97.